The first kappa shape index (κ1) is 25.4. The van der Waals surface area contributed by atoms with Gasteiger partial charge in [0.15, 0.2) is 17.4 Å². The van der Waals surface area contributed by atoms with Crippen molar-refractivity contribution in [2.45, 2.75) is 45.3 Å². The number of hydrogen-bond donors (Lipinski definition) is 0. The molecule has 0 N–H and O–H groups in total. The zero-order chi connectivity index (χ0) is 24.9. The predicted octanol–water partition coefficient (Wildman–Crippen LogP) is 8.23. The number of halogens is 7. The number of benzene rings is 3. The summed E-state index contributed by atoms with van der Waals surface area (Å²) in [5, 5.41) is 0. The van der Waals surface area contributed by atoms with E-state index in [-0.39, 0.29) is 16.9 Å². The van der Waals surface area contributed by atoms with Gasteiger partial charge in [0.2, 0.25) is 0 Å². The minimum atomic E-state index is -3.97. The van der Waals surface area contributed by atoms with Crippen molar-refractivity contribution in [3.8, 4) is 22.6 Å². The molecule has 0 bridgehead atoms. The lowest BCUT2D eigenvalue weighted by atomic mass is 10.0. The molecule has 3 aromatic carbocycles. The number of alkyl halides is 4. The van der Waals surface area contributed by atoms with E-state index in [1.807, 2.05) is 6.92 Å². The van der Waals surface area contributed by atoms with E-state index in [2.05, 4.69) is 9.47 Å². The van der Waals surface area contributed by atoms with E-state index >= 15 is 0 Å². The van der Waals surface area contributed by atoms with Crippen LogP contribution < -0.4 is 9.47 Å². The van der Waals surface area contributed by atoms with E-state index in [1.54, 1.807) is 0 Å². The Morgan fingerprint density at radius 1 is 0.794 bits per heavy atom. The molecule has 0 radical (unpaired) electrons. The zero-order valence-electron chi connectivity index (χ0n) is 18.1. The topological polar surface area (TPSA) is 18.5 Å². The molecule has 34 heavy (non-hydrogen) atoms. The highest BCUT2D eigenvalue weighted by molar-refractivity contribution is 5.65. The van der Waals surface area contributed by atoms with Gasteiger partial charge in [0.1, 0.15) is 11.6 Å². The first-order chi connectivity index (χ1) is 16.1. The molecular formula is C25H21F7O2. The van der Waals surface area contributed by atoms with Gasteiger partial charge in [-0.3, -0.25) is 0 Å². The molecule has 2 nitrogen and oxygen atoms in total. The summed E-state index contributed by atoms with van der Waals surface area (Å²) < 4.78 is 104. The van der Waals surface area contributed by atoms with E-state index in [0.29, 0.717) is 12.0 Å². The number of hydrogen-bond acceptors (Lipinski definition) is 2. The molecular weight excluding hydrogens is 465 g/mol. The Kier molecular flexibility index (Phi) is 8.06. The van der Waals surface area contributed by atoms with Gasteiger partial charge in [0.05, 0.1) is 5.56 Å². The summed E-state index contributed by atoms with van der Waals surface area (Å²) in [4.78, 5) is 0. The van der Waals surface area contributed by atoms with Crippen LogP contribution in [0.5, 0.6) is 11.5 Å². The van der Waals surface area contributed by atoms with Crippen LogP contribution in [0.2, 0.25) is 0 Å². The van der Waals surface area contributed by atoms with Crippen LogP contribution in [0, 0.1) is 17.5 Å². The second kappa shape index (κ2) is 10.8. The fourth-order valence-corrected chi connectivity index (χ4v) is 3.38. The van der Waals surface area contributed by atoms with Gasteiger partial charge in [-0.15, -0.1) is 0 Å². The molecule has 0 aliphatic rings. The van der Waals surface area contributed by atoms with Crippen LogP contribution in [0.15, 0.2) is 54.6 Å². The molecule has 0 aliphatic heterocycles. The summed E-state index contributed by atoms with van der Waals surface area (Å²) in [5.74, 6) is -5.34. The minimum absolute atomic E-state index is 0.0420. The van der Waals surface area contributed by atoms with Crippen LogP contribution in [0.1, 0.15) is 37.3 Å². The fraction of sp³-hybridized carbons (Fsp3) is 0.280. The van der Waals surface area contributed by atoms with Crippen LogP contribution in [0.3, 0.4) is 0 Å². The van der Waals surface area contributed by atoms with Gasteiger partial charge in [-0.25, -0.2) is 13.2 Å². The lowest BCUT2D eigenvalue weighted by Crippen LogP contribution is -2.23. The van der Waals surface area contributed by atoms with Crippen molar-refractivity contribution >= 4 is 0 Å². The van der Waals surface area contributed by atoms with Gasteiger partial charge in [-0.1, -0.05) is 38.0 Å². The highest BCUT2D eigenvalue weighted by Crippen LogP contribution is 2.35. The van der Waals surface area contributed by atoms with Gasteiger partial charge in [0, 0.05) is 0 Å². The molecule has 0 atom stereocenters. The van der Waals surface area contributed by atoms with Crippen molar-refractivity contribution in [1.82, 2.24) is 0 Å². The molecule has 0 saturated carbocycles. The van der Waals surface area contributed by atoms with Crippen molar-refractivity contribution in [2.75, 3.05) is 0 Å². The summed E-state index contributed by atoms with van der Waals surface area (Å²) in [6, 6.07) is 9.71. The maximum Gasteiger partial charge on any atom is 0.429 e. The average Bonchev–Trinajstić information content (AvgIpc) is 2.76. The van der Waals surface area contributed by atoms with Gasteiger partial charge in [-0.2, -0.15) is 17.6 Å². The Hall–Kier alpha value is -3.23. The first-order valence-electron chi connectivity index (χ1n) is 10.5. The quantitative estimate of drug-likeness (QED) is 0.212. The SMILES string of the molecule is CCCCCc1ccc(C(F)(F)Oc2ccc(-c3cc(F)c(OC(F)F)c(F)c3)cc2)c(F)c1. The summed E-state index contributed by atoms with van der Waals surface area (Å²) in [6.07, 6.45) is -0.640. The van der Waals surface area contributed by atoms with Crippen molar-refractivity contribution < 1.29 is 40.2 Å². The van der Waals surface area contributed by atoms with Crippen molar-refractivity contribution in [1.29, 1.82) is 0 Å². The average molecular weight is 486 g/mol. The third-order valence-electron chi connectivity index (χ3n) is 5.05. The maximum atomic E-state index is 14.6. The lowest BCUT2D eigenvalue weighted by Gasteiger charge is -2.19. The molecule has 0 amide bonds. The summed E-state index contributed by atoms with van der Waals surface area (Å²) in [7, 11) is 0. The monoisotopic (exact) mass is 486 g/mol. The number of unbranched alkanes of at least 4 members (excludes halogenated alkanes) is 2. The van der Waals surface area contributed by atoms with Crippen molar-refractivity contribution in [2.24, 2.45) is 0 Å². The largest absolute Gasteiger partial charge is 0.429 e. The highest BCUT2D eigenvalue weighted by Gasteiger charge is 2.37. The van der Waals surface area contributed by atoms with Crippen LogP contribution in [0.25, 0.3) is 11.1 Å². The van der Waals surface area contributed by atoms with Crippen LogP contribution in [-0.2, 0) is 12.5 Å². The predicted molar refractivity (Wildman–Crippen MR) is 113 cm³/mol. The third-order valence-corrected chi connectivity index (χ3v) is 5.05. The summed E-state index contributed by atoms with van der Waals surface area (Å²) >= 11 is 0. The molecule has 0 spiro atoms. The minimum Gasteiger partial charge on any atom is -0.429 e. The standard InChI is InChI=1S/C25H21F7O2/c1-2-3-4-5-15-6-11-19(20(26)12-15)25(31,32)34-18-9-7-16(8-10-18)17-13-21(27)23(22(28)14-17)33-24(29)30/h6-14,24H,2-5H2,1H3. The van der Waals surface area contributed by atoms with Gasteiger partial charge >= 0.3 is 12.7 Å². The highest BCUT2D eigenvalue weighted by atomic mass is 19.3. The molecule has 0 fully saturated rings. The summed E-state index contributed by atoms with van der Waals surface area (Å²) in [6.45, 7) is -1.39. The summed E-state index contributed by atoms with van der Waals surface area (Å²) in [5.41, 5.74) is -0.159. The molecule has 0 aromatic heterocycles. The Balaban J connectivity index is 1.75. The Morgan fingerprint density at radius 3 is 2.00 bits per heavy atom. The molecule has 9 heteroatoms. The second-order valence-corrected chi connectivity index (χ2v) is 7.56. The first-order valence-corrected chi connectivity index (χ1v) is 10.5. The van der Waals surface area contributed by atoms with E-state index in [4.69, 9.17) is 0 Å². The van der Waals surface area contributed by atoms with Crippen LogP contribution in [0.4, 0.5) is 30.7 Å². The normalized spacial score (nSPS) is 11.7. The Bertz CT molecular complexity index is 1090. The van der Waals surface area contributed by atoms with Crippen molar-refractivity contribution in [3.05, 3.63) is 83.2 Å². The number of rotatable bonds is 10. The smallest absolute Gasteiger partial charge is 0.429 e. The molecule has 0 heterocycles. The molecule has 182 valence electrons. The van der Waals surface area contributed by atoms with Crippen molar-refractivity contribution in [3.63, 3.8) is 0 Å². The molecule has 0 saturated heterocycles. The van der Waals surface area contributed by atoms with E-state index < -0.39 is 41.5 Å². The third kappa shape index (κ3) is 6.21. The number of aryl methyl sites for hydroxylation is 1. The van der Waals surface area contributed by atoms with Crippen LogP contribution >= 0.6 is 0 Å². The lowest BCUT2D eigenvalue weighted by molar-refractivity contribution is -0.187. The van der Waals surface area contributed by atoms with Crippen LogP contribution in [-0.4, -0.2) is 6.61 Å². The van der Waals surface area contributed by atoms with E-state index in [1.165, 1.54) is 18.2 Å². The Labute approximate surface area is 191 Å². The van der Waals surface area contributed by atoms with Gasteiger partial charge < -0.3 is 9.47 Å². The van der Waals surface area contributed by atoms with Gasteiger partial charge in [0.25, 0.3) is 0 Å². The zero-order valence-corrected chi connectivity index (χ0v) is 18.1. The number of ether oxygens (including phenoxy) is 2. The molecule has 0 unspecified atom stereocenters. The molecule has 3 aromatic rings. The van der Waals surface area contributed by atoms with E-state index in [0.717, 1.165) is 55.7 Å². The van der Waals surface area contributed by atoms with Gasteiger partial charge in [-0.05, 0) is 65.9 Å². The maximum absolute atomic E-state index is 14.6. The fourth-order valence-electron chi connectivity index (χ4n) is 3.38. The molecule has 0 aliphatic carbocycles. The second-order valence-electron chi connectivity index (χ2n) is 7.56. The Morgan fingerprint density at radius 2 is 1.44 bits per heavy atom. The molecule has 3 rings (SSSR count). The van der Waals surface area contributed by atoms with E-state index in [9.17, 15) is 30.7 Å².